The summed E-state index contributed by atoms with van der Waals surface area (Å²) in [6.45, 7) is 2.51. The van der Waals surface area contributed by atoms with E-state index in [0.717, 1.165) is 18.9 Å². The monoisotopic (exact) mass is 329 g/mol. The van der Waals surface area contributed by atoms with E-state index < -0.39 is 23.1 Å². The molecule has 0 saturated heterocycles. The van der Waals surface area contributed by atoms with Crippen LogP contribution in [0.2, 0.25) is 10.0 Å². The van der Waals surface area contributed by atoms with Gasteiger partial charge >= 0.3 is 0 Å². The molecule has 1 aromatic rings. The fourth-order valence-electron chi connectivity index (χ4n) is 2.06. The normalized spacial score (nSPS) is 14.0. The van der Waals surface area contributed by atoms with E-state index in [2.05, 4.69) is 5.32 Å². The van der Waals surface area contributed by atoms with Crippen LogP contribution in [0.25, 0.3) is 0 Å². The maximum absolute atomic E-state index is 12.3. The molecular weight excluding hydrogens is 317 g/mol. The van der Waals surface area contributed by atoms with Gasteiger partial charge < -0.3 is 15.5 Å². The summed E-state index contributed by atoms with van der Waals surface area (Å²) in [6, 6.07) is 0. The van der Waals surface area contributed by atoms with Crippen LogP contribution in [0.5, 0.6) is 11.5 Å². The Bertz CT molecular complexity index is 668. The molecule has 112 valence electrons. The summed E-state index contributed by atoms with van der Waals surface area (Å²) in [5.41, 5.74) is -0.588. The largest absolute Gasteiger partial charge is 0.506 e. The molecule has 1 aliphatic carbocycles. The number of allylic oxidation sites excluding steroid dienone is 2. The van der Waals surface area contributed by atoms with E-state index in [1.54, 1.807) is 0 Å². The first kappa shape index (κ1) is 15.7. The Labute approximate surface area is 131 Å². The Morgan fingerprint density at radius 1 is 1.10 bits per heavy atom. The lowest BCUT2D eigenvalue weighted by atomic mass is 9.90. The molecule has 5 nitrogen and oxygen atoms in total. The number of hydrogen-bond donors (Lipinski definition) is 3. The molecule has 0 bridgehead atoms. The molecule has 2 rings (SSSR count). The molecule has 7 heteroatoms. The summed E-state index contributed by atoms with van der Waals surface area (Å²) in [5.74, 6) is -2.42. The van der Waals surface area contributed by atoms with Gasteiger partial charge in [-0.25, -0.2) is 0 Å². The Hall–Kier alpha value is -1.72. The van der Waals surface area contributed by atoms with Crippen LogP contribution in [0.4, 0.5) is 0 Å². The van der Waals surface area contributed by atoms with Crippen LogP contribution in [0.3, 0.4) is 0 Å². The second-order valence-corrected chi connectivity index (χ2v) is 5.36. The van der Waals surface area contributed by atoms with Gasteiger partial charge in [-0.05, 0) is 6.42 Å². The third-order valence-corrected chi connectivity index (χ3v) is 4.00. The maximum atomic E-state index is 12.3. The van der Waals surface area contributed by atoms with Gasteiger partial charge in [-0.15, -0.1) is 0 Å². The van der Waals surface area contributed by atoms with Crippen LogP contribution in [-0.4, -0.2) is 28.3 Å². The van der Waals surface area contributed by atoms with Crippen LogP contribution >= 0.6 is 23.2 Å². The Balaban J connectivity index is 2.52. The van der Waals surface area contributed by atoms with Crippen LogP contribution in [0.15, 0.2) is 11.8 Å². The third-order valence-electron chi connectivity index (χ3n) is 3.17. The SMILES string of the molecule is CCCCNC1=CC(=O)c2c(O)c(Cl)c(Cl)c(O)c2C1=O. The van der Waals surface area contributed by atoms with Gasteiger partial charge in [-0.3, -0.25) is 9.59 Å². The zero-order chi connectivity index (χ0) is 15.7. The molecular formula is C14H13Cl2NO4. The second-order valence-electron chi connectivity index (χ2n) is 4.61. The first-order chi connectivity index (χ1) is 9.90. The van der Waals surface area contributed by atoms with Gasteiger partial charge in [-0.1, -0.05) is 36.5 Å². The highest BCUT2D eigenvalue weighted by Crippen LogP contribution is 2.45. The highest BCUT2D eigenvalue weighted by atomic mass is 35.5. The van der Waals surface area contributed by atoms with Crippen molar-refractivity contribution in [2.45, 2.75) is 19.8 Å². The minimum absolute atomic E-state index is 0.0639. The predicted octanol–water partition coefficient (Wildman–Crippen LogP) is 3.06. The fraction of sp³-hybridized carbons (Fsp3) is 0.286. The number of ketones is 2. The number of phenolic OH excluding ortho intramolecular Hbond substituents is 2. The van der Waals surface area contributed by atoms with Crippen molar-refractivity contribution in [3.05, 3.63) is 32.9 Å². The van der Waals surface area contributed by atoms with Crippen LogP contribution in [0, 0.1) is 0 Å². The van der Waals surface area contributed by atoms with Gasteiger partial charge in [0.2, 0.25) is 5.78 Å². The number of unbranched alkanes of at least 4 members (excludes halogenated alkanes) is 1. The minimum Gasteiger partial charge on any atom is -0.506 e. The lowest BCUT2D eigenvalue weighted by Crippen LogP contribution is -2.27. The highest BCUT2D eigenvalue weighted by molar-refractivity contribution is 6.45. The van der Waals surface area contributed by atoms with E-state index >= 15 is 0 Å². The number of benzene rings is 1. The fourth-order valence-corrected chi connectivity index (χ4v) is 2.43. The van der Waals surface area contributed by atoms with Crippen molar-refractivity contribution < 1.29 is 19.8 Å². The lowest BCUT2D eigenvalue weighted by molar-refractivity contribution is 0.0973. The first-order valence-electron chi connectivity index (χ1n) is 6.37. The van der Waals surface area contributed by atoms with Gasteiger partial charge in [0.1, 0.15) is 21.5 Å². The molecule has 0 heterocycles. The molecule has 0 aliphatic heterocycles. The lowest BCUT2D eigenvalue weighted by Gasteiger charge is -2.19. The summed E-state index contributed by atoms with van der Waals surface area (Å²) in [7, 11) is 0. The third kappa shape index (κ3) is 2.59. The van der Waals surface area contributed by atoms with Gasteiger partial charge in [-0.2, -0.15) is 0 Å². The summed E-state index contributed by atoms with van der Waals surface area (Å²) in [5, 5.41) is 22.0. The van der Waals surface area contributed by atoms with E-state index in [9.17, 15) is 19.8 Å². The van der Waals surface area contributed by atoms with Crippen molar-refractivity contribution in [2.75, 3.05) is 6.54 Å². The standard InChI is InChI=1S/C14H13Cl2NO4/c1-2-3-4-17-6-5-7(18)8-9(12(6)19)14(21)11(16)10(15)13(8)20/h5,17,20-21H,2-4H2,1H3. The van der Waals surface area contributed by atoms with Crippen LogP contribution < -0.4 is 5.32 Å². The minimum atomic E-state index is -0.616. The van der Waals surface area contributed by atoms with Crippen LogP contribution in [0.1, 0.15) is 40.5 Å². The molecule has 0 amide bonds. The van der Waals surface area contributed by atoms with Gasteiger partial charge in [0.05, 0.1) is 16.8 Å². The Morgan fingerprint density at radius 3 is 2.24 bits per heavy atom. The van der Waals surface area contributed by atoms with Crippen molar-refractivity contribution >= 4 is 34.8 Å². The number of phenols is 2. The molecule has 0 radical (unpaired) electrons. The highest BCUT2D eigenvalue weighted by Gasteiger charge is 2.34. The van der Waals surface area contributed by atoms with Crippen molar-refractivity contribution in [1.29, 1.82) is 0 Å². The zero-order valence-corrected chi connectivity index (χ0v) is 12.7. The molecule has 0 saturated carbocycles. The molecule has 0 spiro atoms. The summed E-state index contributed by atoms with van der Waals surface area (Å²) in [6.07, 6.45) is 2.83. The topological polar surface area (TPSA) is 86.6 Å². The number of hydrogen-bond acceptors (Lipinski definition) is 5. The Morgan fingerprint density at radius 2 is 1.67 bits per heavy atom. The number of halogens is 2. The van der Waals surface area contributed by atoms with E-state index in [-0.39, 0.29) is 26.9 Å². The zero-order valence-electron chi connectivity index (χ0n) is 11.2. The number of carbonyl (C=O) groups is 2. The number of rotatable bonds is 4. The van der Waals surface area contributed by atoms with E-state index in [1.165, 1.54) is 0 Å². The number of Topliss-reactive ketones (excluding diaryl/α,β-unsaturated/α-hetero) is 1. The molecule has 21 heavy (non-hydrogen) atoms. The van der Waals surface area contributed by atoms with Gasteiger partial charge in [0.15, 0.2) is 5.78 Å². The maximum Gasteiger partial charge on any atom is 0.213 e. The molecule has 1 aromatic carbocycles. The molecule has 0 unspecified atom stereocenters. The van der Waals surface area contributed by atoms with Crippen molar-refractivity contribution in [2.24, 2.45) is 0 Å². The molecule has 1 aliphatic rings. The molecule has 0 fully saturated rings. The summed E-state index contributed by atoms with van der Waals surface area (Å²) < 4.78 is 0. The number of carbonyl (C=O) groups excluding carboxylic acids is 2. The quantitative estimate of drug-likeness (QED) is 0.583. The molecule has 0 atom stereocenters. The predicted molar refractivity (Wildman–Crippen MR) is 79.4 cm³/mol. The second kappa shape index (κ2) is 5.95. The van der Waals surface area contributed by atoms with Gasteiger partial charge in [0, 0.05) is 12.6 Å². The van der Waals surface area contributed by atoms with E-state index in [1.807, 2.05) is 6.92 Å². The number of nitrogens with one attached hydrogen (secondary N) is 1. The van der Waals surface area contributed by atoms with Crippen molar-refractivity contribution in [3.8, 4) is 11.5 Å². The van der Waals surface area contributed by atoms with Crippen molar-refractivity contribution in [1.82, 2.24) is 5.32 Å². The summed E-state index contributed by atoms with van der Waals surface area (Å²) in [4.78, 5) is 24.4. The van der Waals surface area contributed by atoms with E-state index in [0.29, 0.717) is 6.54 Å². The molecule has 0 aromatic heterocycles. The first-order valence-corrected chi connectivity index (χ1v) is 7.13. The number of fused-ring (bicyclic) bond motifs is 1. The average molecular weight is 330 g/mol. The number of aromatic hydroxyl groups is 2. The molecule has 3 N–H and O–H groups in total. The average Bonchev–Trinajstić information content (AvgIpc) is 2.46. The smallest absolute Gasteiger partial charge is 0.213 e. The summed E-state index contributed by atoms with van der Waals surface area (Å²) >= 11 is 11.5. The van der Waals surface area contributed by atoms with E-state index in [4.69, 9.17) is 23.2 Å². The Kier molecular flexibility index (Phi) is 4.44. The van der Waals surface area contributed by atoms with Gasteiger partial charge in [0.25, 0.3) is 0 Å². The van der Waals surface area contributed by atoms with Crippen LogP contribution in [-0.2, 0) is 0 Å². The van der Waals surface area contributed by atoms with Crippen molar-refractivity contribution in [3.63, 3.8) is 0 Å².